The van der Waals surface area contributed by atoms with E-state index in [1.807, 2.05) is 0 Å². The number of hydrogen-bond acceptors (Lipinski definition) is 4. The number of carbonyl (C=O) groups is 1. The van der Waals surface area contributed by atoms with Gasteiger partial charge in [0.1, 0.15) is 6.10 Å². The first kappa shape index (κ1) is 20.9. The van der Waals surface area contributed by atoms with Crippen LogP contribution in [0.3, 0.4) is 0 Å². The minimum Gasteiger partial charge on any atom is -0.457 e. The van der Waals surface area contributed by atoms with Crippen molar-refractivity contribution in [2.75, 3.05) is 13.2 Å². The van der Waals surface area contributed by atoms with E-state index < -0.39 is 0 Å². The van der Waals surface area contributed by atoms with E-state index in [1.165, 1.54) is 12.5 Å². The first-order chi connectivity index (χ1) is 12.6. The number of ether oxygens (including phenoxy) is 1. The molecule has 1 fully saturated rings. The molecule has 1 aliphatic carbocycles. The molecule has 1 unspecified atom stereocenters. The highest BCUT2D eigenvalue weighted by molar-refractivity contribution is 5.66. The maximum Gasteiger partial charge on any atom is 0.303 e. The van der Waals surface area contributed by atoms with Gasteiger partial charge in [0, 0.05) is 19.4 Å². The summed E-state index contributed by atoms with van der Waals surface area (Å²) in [5.41, 5.74) is 8.24. The zero-order valence-corrected chi connectivity index (χ0v) is 16.2. The smallest absolute Gasteiger partial charge is 0.303 e. The minimum absolute atomic E-state index is 0.134. The predicted molar refractivity (Wildman–Crippen MR) is 105 cm³/mol. The largest absolute Gasteiger partial charge is 0.457 e. The van der Waals surface area contributed by atoms with Crippen LogP contribution < -0.4 is 5.73 Å². The fourth-order valence-electron chi connectivity index (χ4n) is 4.01. The van der Waals surface area contributed by atoms with Crippen LogP contribution in [0.4, 0.5) is 0 Å². The molecule has 3 N–H and O–H groups in total. The lowest BCUT2D eigenvalue weighted by Gasteiger charge is -2.33. The van der Waals surface area contributed by atoms with Crippen molar-refractivity contribution in [3.8, 4) is 0 Å². The number of carbonyl (C=O) groups excluding carboxylic acids is 1. The molecule has 0 amide bonds. The normalized spacial score (nSPS) is 21.3. The van der Waals surface area contributed by atoms with Gasteiger partial charge in [-0.25, -0.2) is 0 Å². The Labute approximate surface area is 158 Å². The van der Waals surface area contributed by atoms with Crippen LogP contribution in [0.1, 0.15) is 75.5 Å². The molecule has 0 aliphatic heterocycles. The Balaban J connectivity index is 1.94. The molecule has 0 saturated heterocycles. The van der Waals surface area contributed by atoms with Crippen molar-refractivity contribution in [2.45, 2.75) is 70.8 Å². The first-order valence-electron chi connectivity index (χ1n) is 10.2. The third-order valence-electron chi connectivity index (χ3n) is 5.63. The second-order valence-corrected chi connectivity index (χ2v) is 7.68. The lowest BCUT2D eigenvalue weighted by atomic mass is 9.77. The summed E-state index contributed by atoms with van der Waals surface area (Å²) in [6, 6.07) is 8.60. The molecule has 0 bridgehead atoms. The second-order valence-electron chi connectivity index (χ2n) is 7.68. The molecule has 4 heteroatoms. The highest BCUT2D eigenvalue weighted by Gasteiger charge is 2.30. The zero-order valence-electron chi connectivity index (χ0n) is 16.2. The molecule has 0 radical (unpaired) electrons. The van der Waals surface area contributed by atoms with Gasteiger partial charge in [0.15, 0.2) is 0 Å². The van der Waals surface area contributed by atoms with Gasteiger partial charge in [-0.1, -0.05) is 37.1 Å². The summed E-state index contributed by atoms with van der Waals surface area (Å²) in [6.45, 7) is 2.55. The van der Waals surface area contributed by atoms with Gasteiger partial charge in [-0.3, -0.25) is 4.79 Å². The number of esters is 1. The predicted octanol–water partition coefficient (Wildman–Crippen LogP) is 4.15. The Kier molecular flexibility index (Phi) is 9.13. The molecule has 1 aromatic rings. The van der Waals surface area contributed by atoms with E-state index in [-0.39, 0.29) is 12.1 Å². The highest BCUT2D eigenvalue weighted by Crippen LogP contribution is 2.39. The standard InChI is InChI=1S/C22H35NO3/c1-17(25)26-22(21-13-9-19(16-23)10-14-21)20-11-7-18(8-12-20)6-4-2-3-5-15-24/h7-8,11-12,19,21-22,24H,2-6,9-10,13-16,23H2,1H3. The molecule has 1 aromatic carbocycles. The van der Waals surface area contributed by atoms with Gasteiger partial charge in [0.2, 0.25) is 0 Å². The molecular weight excluding hydrogens is 326 g/mol. The molecular formula is C22H35NO3. The van der Waals surface area contributed by atoms with Crippen LogP contribution in [-0.4, -0.2) is 24.2 Å². The number of unbranched alkanes of at least 4 members (excludes halogenated alkanes) is 3. The van der Waals surface area contributed by atoms with Gasteiger partial charge in [-0.05, 0) is 68.5 Å². The van der Waals surface area contributed by atoms with Crippen LogP contribution in [0.15, 0.2) is 24.3 Å². The Morgan fingerprint density at radius 1 is 1.12 bits per heavy atom. The van der Waals surface area contributed by atoms with Gasteiger partial charge < -0.3 is 15.6 Å². The number of aryl methyl sites for hydroxylation is 1. The summed E-state index contributed by atoms with van der Waals surface area (Å²) in [5.74, 6) is 0.812. The van der Waals surface area contributed by atoms with Gasteiger partial charge in [0.25, 0.3) is 0 Å². The van der Waals surface area contributed by atoms with Crippen LogP contribution in [0.5, 0.6) is 0 Å². The number of hydrogen-bond donors (Lipinski definition) is 2. The highest BCUT2D eigenvalue weighted by atomic mass is 16.5. The fraction of sp³-hybridized carbons (Fsp3) is 0.682. The fourth-order valence-corrected chi connectivity index (χ4v) is 4.01. The summed E-state index contributed by atoms with van der Waals surface area (Å²) >= 11 is 0. The molecule has 1 aliphatic rings. The van der Waals surface area contributed by atoms with Crippen molar-refractivity contribution in [3.63, 3.8) is 0 Å². The molecule has 0 spiro atoms. The maximum absolute atomic E-state index is 11.6. The Bertz CT molecular complexity index is 521. The van der Waals surface area contributed by atoms with Crippen molar-refractivity contribution >= 4 is 5.97 Å². The van der Waals surface area contributed by atoms with Crippen LogP contribution in [0, 0.1) is 11.8 Å². The van der Waals surface area contributed by atoms with E-state index >= 15 is 0 Å². The number of nitrogens with two attached hydrogens (primary N) is 1. The van der Waals surface area contributed by atoms with Crippen LogP contribution >= 0.6 is 0 Å². The van der Waals surface area contributed by atoms with Crippen molar-refractivity contribution in [1.29, 1.82) is 0 Å². The van der Waals surface area contributed by atoms with Gasteiger partial charge in [-0.2, -0.15) is 0 Å². The van der Waals surface area contributed by atoms with Crippen LogP contribution in [0.2, 0.25) is 0 Å². The lowest BCUT2D eigenvalue weighted by molar-refractivity contribution is -0.150. The maximum atomic E-state index is 11.6. The number of rotatable bonds is 10. The third kappa shape index (κ3) is 6.73. The van der Waals surface area contributed by atoms with E-state index in [1.54, 1.807) is 0 Å². The molecule has 0 heterocycles. The molecule has 146 valence electrons. The Morgan fingerprint density at radius 3 is 2.35 bits per heavy atom. The van der Waals surface area contributed by atoms with Crippen molar-refractivity contribution in [2.24, 2.45) is 17.6 Å². The summed E-state index contributed by atoms with van der Waals surface area (Å²) in [6.07, 6.45) is 9.63. The molecule has 4 nitrogen and oxygen atoms in total. The quantitative estimate of drug-likeness (QED) is 0.485. The van der Waals surface area contributed by atoms with Gasteiger partial charge >= 0.3 is 5.97 Å². The second kappa shape index (κ2) is 11.3. The minimum atomic E-state index is -0.205. The molecule has 0 aromatic heterocycles. The molecule has 1 saturated carbocycles. The molecule has 2 rings (SSSR count). The molecule has 1 atom stereocenters. The average molecular weight is 362 g/mol. The van der Waals surface area contributed by atoms with Gasteiger partial charge in [-0.15, -0.1) is 0 Å². The summed E-state index contributed by atoms with van der Waals surface area (Å²) in [4.78, 5) is 11.6. The van der Waals surface area contributed by atoms with E-state index in [4.69, 9.17) is 15.6 Å². The monoisotopic (exact) mass is 361 g/mol. The number of aliphatic hydroxyl groups is 1. The average Bonchev–Trinajstić information content (AvgIpc) is 2.66. The SMILES string of the molecule is CC(=O)OC(c1ccc(CCCCCCO)cc1)C1CCC(CN)CC1. The number of benzene rings is 1. The van der Waals surface area contributed by atoms with Crippen LogP contribution in [-0.2, 0) is 16.0 Å². The van der Waals surface area contributed by atoms with Crippen molar-refractivity contribution in [1.82, 2.24) is 0 Å². The summed E-state index contributed by atoms with van der Waals surface area (Å²) in [7, 11) is 0. The van der Waals surface area contributed by atoms with Crippen molar-refractivity contribution in [3.05, 3.63) is 35.4 Å². The lowest BCUT2D eigenvalue weighted by Crippen LogP contribution is -2.26. The summed E-state index contributed by atoms with van der Waals surface area (Å²) < 4.78 is 5.72. The van der Waals surface area contributed by atoms with E-state index in [0.29, 0.717) is 18.4 Å². The third-order valence-corrected chi connectivity index (χ3v) is 5.63. The Morgan fingerprint density at radius 2 is 1.77 bits per heavy atom. The zero-order chi connectivity index (χ0) is 18.8. The van der Waals surface area contributed by atoms with E-state index in [0.717, 1.165) is 69.9 Å². The number of aliphatic hydroxyl groups excluding tert-OH is 1. The Hall–Kier alpha value is -1.39. The van der Waals surface area contributed by atoms with Gasteiger partial charge in [0.05, 0.1) is 0 Å². The molecule has 26 heavy (non-hydrogen) atoms. The first-order valence-corrected chi connectivity index (χ1v) is 10.2. The van der Waals surface area contributed by atoms with E-state index in [2.05, 4.69) is 24.3 Å². The van der Waals surface area contributed by atoms with E-state index in [9.17, 15) is 4.79 Å². The van der Waals surface area contributed by atoms with Crippen LogP contribution in [0.25, 0.3) is 0 Å². The summed E-state index contributed by atoms with van der Waals surface area (Å²) in [5, 5.41) is 8.82. The topological polar surface area (TPSA) is 72.5 Å². The van der Waals surface area contributed by atoms with Crippen molar-refractivity contribution < 1.29 is 14.6 Å².